The summed E-state index contributed by atoms with van der Waals surface area (Å²) in [7, 11) is 0. The van der Waals surface area contributed by atoms with Crippen molar-refractivity contribution in [3.8, 4) is 0 Å². The Morgan fingerprint density at radius 2 is 2.08 bits per heavy atom. The second-order valence-corrected chi connectivity index (χ2v) is 4.66. The van der Waals surface area contributed by atoms with Crippen LogP contribution < -0.4 is 0 Å². The number of halogens is 1. The van der Waals surface area contributed by atoms with E-state index in [1.54, 1.807) is 11.3 Å². The van der Waals surface area contributed by atoms with Gasteiger partial charge in [0.15, 0.2) is 0 Å². The maximum Gasteiger partial charge on any atom is 0.100 e. The highest BCUT2D eigenvalue weighted by Gasteiger charge is 2.35. The van der Waals surface area contributed by atoms with E-state index in [-0.39, 0.29) is 0 Å². The van der Waals surface area contributed by atoms with E-state index in [4.69, 9.17) is 11.6 Å². The van der Waals surface area contributed by atoms with Gasteiger partial charge in [-0.15, -0.1) is 11.3 Å². The van der Waals surface area contributed by atoms with Gasteiger partial charge in [0.1, 0.15) is 5.60 Å². The predicted octanol–water partition coefficient (Wildman–Crippen LogP) is 3.16. The van der Waals surface area contributed by atoms with E-state index >= 15 is 0 Å². The van der Waals surface area contributed by atoms with Crippen LogP contribution in [0.5, 0.6) is 0 Å². The van der Waals surface area contributed by atoms with Gasteiger partial charge in [-0.2, -0.15) is 0 Å². The molecule has 0 atom stereocenters. The summed E-state index contributed by atoms with van der Waals surface area (Å²) < 4.78 is 0. The summed E-state index contributed by atoms with van der Waals surface area (Å²) in [5.74, 6) is 0. The van der Waals surface area contributed by atoms with Crippen LogP contribution in [-0.4, -0.2) is 5.11 Å². The molecule has 2 rings (SSSR count). The average molecular weight is 203 g/mol. The summed E-state index contributed by atoms with van der Waals surface area (Å²) in [5, 5.41) is 12.8. The van der Waals surface area contributed by atoms with Crippen LogP contribution in [0.4, 0.5) is 0 Å². The van der Waals surface area contributed by atoms with Crippen molar-refractivity contribution in [3.63, 3.8) is 0 Å². The molecule has 1 saturated carbocycles. The van der Waals surface area contributed by atoms with Gasteiger partial charge >= 0.3 is 0 Å². The van der Waals surface area contributed by atoms with E-state index in [0.717, 1.165) is 35.6 Å². The van der Waals surface area contributed by atoms with Gasteiger partial charge in [-0.3, -0.25) is 0 Å². The fraction of sp³-hybridized carbons (Fsp3) is 0.556. The zero-order valence-electron chi connectivity index (χ0n) is 6.72. The molecule has 1 aliphatic carbocycles. The van der Waals surface area contributed by atoms with Gasteiger partial charge in [0, 0.05) is 0 Å². The van der Waals surface area contributed by atoms with Crippen molar-refractivity contribution in [1.29, 1.82) is 0 Å². The Hall–Kier alpha value is -0.0500. The smallest absolute Gasteiger partial charge is 0.100 e. The first-order valence-corrected chi connectivity index (χ1v) is 5.44. The molecule has 0 aliphatic heterocycles. The Balaban J connectivity index is 2.34. The number of hydrogen-bond acceptors (Lipinski definition) is 2. The maximum absolute atomic E-state index is 10.2. The Morgan fingerprint density at radius 1 is 1.42 bits per heavy atom. The van der Waals surface area contributed by atoms with Gasteiger partial charge in [-0.25, -0.2) is 0 Å². The van der Waals surface area contributed by atoms with Crippen LogP contribution in [0.25, 0.3) is 0 Å². The monoisotopic (exact) mass is 202 g/mol. The number of aliphatic hydroxyl groups is 1. The zero-order chi connectivity index (χ0) is 8.60. The lowest BCUT2D eigenvalue weighted by atomic mass is 10.0. The topological polar surface area (TPSA) is 20.2 Å². The van der Waals surface area contributed by atoms with Crippen LogP contribution in [0.3, 0.4) is 0 Å². The van der Waals surface area contributed by atoms with E-state index in [9.17, 15) is 5.11 Å². The van der Waals surface area contributed by atoms with Crippen LogP contribution in [-0.2, 0) is 5.60 Å². The van der Waals surface area contributed by atoms with Gasteiger partial charge in [-0.05, 0) is 24.3 Å². The van der Waals surface area contributed by atoms with Crippen LogP contribution in [0.2, 0.25) is 5.02 Å². The molecule has 1 aromatic heterocycles. The molecular formula is C9H11ClOS. The predicted molar refractivity (Wildman–Crippen MR) is 51.7 cm³/mol. The molecular weight excluding hydrogens is 192 g/mol. The van der Waals surface area contributed by atoms with E-state index in [1.807, 2.05) is 11.4 Å². The maximum atomic E-state index is 10.2. The minimum absolute atomic E-state index is 0.606. The van der Waals surface area contributed by atoms with Crippen molar-refractivity contribution < 1.29 is 5.11 Å². The van der Waals surface area contributed by atoms with E-state index in [1.165, 1.54) is 0 Å². The largest absolute Gasteiger partial charge is 0.384 e. The van der Waals surface area contributed by atoms with E-state index in [0.29, 0.717) is 0 Å². The first-order valence-electron chi connectivity index (χ1n) is 4.18. The number of thiophene rings is 1. The SMILES string of the molecule is OC1(c2sccc2Cl)CCCC1. The van der Waals surface area contributed by atoms with Crippen molar-refractivity contribution in [3.05, 3.63) is 21.3 Å². The van der Waals surface area contributed by atoms with E-state index in [2.05, 4.69) is 0 Å². The molecule has 1 N–H and O–H groups in total. The first kappa shape index (κ1) is 8.54. The number of rotatable bonds is 1. The van der Waals surface area contributed by atoms with Gasteiger partial charge in [0.2, 0.25) is 0 Å². The third kappa shape index (κ3) is 1.28. The minimum Gasteiger partial charge on any atom is -0.384 e. The molecule has 1 aromatic rings. The molecule has 0 saturated heterocycles. The van der Waals surface area contributed by atoms with Crippen molar-refractivity contribution in [2.45, 2.75) is 31.3 Å². The Morgan fingerprint density at radius 3 is 2.58 bits per heavy atom. The molecule has 0 bridgehead atoms. The standard InChI is InChI=1S/C9H11ClOS/c10-7-3-6-12-8(7)9(11)4-1-2-5-9/h3,6,11H,1-2,4-5H2. The van der Waals surface area contributed by atoms with E-state index < -0.39 is 5.60 Å². The minimum atomic E-state index is -0.606. The number of hydrogen-bond donors (Lipinski definition) is 1. The van der Waals surface area contributed by atoms with Gasteiger partial charge in [0.05, 0.1) is 9.90 Å². The molecule has 1 aliphatic rings. The second kappa shape index (κ2) is 3.02. The van der Waals surface area contributed by atoms with Crippen molar-refractivity contribution >= 4 is 22.9 Å². The summed E-state index contributed by atoms with van der Waals surface area (Å²) in [4.78, 5) is 0.960. The van der Waals surface area contributed by atoms with Crippen molar-refractivity contribution in [1.82, 2.24) is 0 Å². The molecule has 66 valence electrons. The zero-order valence-corrected chi connectivity index (χ0v) is 8.29. The fourth-order valence-electron chi connectivity index (χ4n) is 1.81. The molecule has 1 nitrogen and oxygen atoms in total. The third-order valence-electron chi connectivity index (χ3n) is 2.47. The van der Waals surface area contributed by atoms with Gasteiger partial charge in [-0.1, -0.05) is 24.4 Å². The molecule has 0 amide bonds. The highest BCUT2D eigenvalue weighted by molar-refractivity contribution is 7.10. The summed E-state index contributed by atoms with van der Waals surface area (Å²) >= 11 is 7.52. The Bertz CT molecular complexity index is 276. The molecule has 0 spiro atoms. The highest BCUT2D eigenvalue weighted by Crippen LogP contribution is 2.43. The summed E-state index contributed by atoms with van der Waals surface area (Å²) in [6, 6.07) is 1.86. The van der Waals surface area contributed by atoms with Gasteiger partial charge < -0.3 is 5.11 Å². The lowest BCUT2D eigenvalue weighted by molar-refractivity contribution is 0.0484. The molecule has 1 fully saturated rings. The fourth-order valence-corrected chi connectivity index (χ4v) is 3.20. The van der Waals surface area contributed by atoms with Crippen LogP contribution >= 0.6 is 22.9 Å². The Labute approximate surface area is 81.0 Å². The molecule has 0 radical (unpaired) electrons. The highest BCUT2D eigenvalue weighted by atomic mass is 35.5. The molecule has 0 unspecified atom stereocenters. The third-order valence-corrected chi connectivity index (χ3v) is 4.01. The molecule has 12 heavy (non-hydrogen) atoms. The van der Waals surface area contributed by atoms with Crippen molar-refractivity contribution in [2.75, 3.05) is 0 Å². The molecule has 3 heteroatoms. The average Bonchev–Trinajstić information content (AvgIpc) is 2.59. The lowest BCUT2D eigenvalue weighted by Crippen LogP contribution is -2.19. The normalized spacial score (nSPS) is 21.5. The first-order chi connectivity index (χ1) is 5.72. The summed E-state index contributed by atoms with van der Waals surface area (Å²) in [6.07, 6.45) is 3.97. The quantitative estimate of drug-likeness (QED) is 0.742. The second-order valence-electron chi connectivity index (χ2n) is 3.34. The summed E-state index contributed by atoms with van der Waals surface area (Å²) in [6.45, 7) is 0. The van der Waals surface area contributed by atoms with Gasteiger partial charge in [0.25, 0.3) is 0 Å². The van der Waals surface area contributed by atoms with Crippen LogP contribution in [0.15, 0.2) is 11.4 Å². The molecule has 1 heterocycles. The Kier molecular flexibility index (Phi) is 2.15. The van der Waals surface area contributed by atoms with Crippen LogP contribution in [0.1, 0.15) is 30.6 Å². The summed E-state index contributed by atoms with van der Waals surface area (Å²) in [5.41, 5.74) is -0.606. The molecule has 0 aromatic carbocycles. The van der Waals surface area contributed by atoms with Crippen molar-refractivity contribution in [2.24, 2.45) is 0 Å². The van der Waals surface area contributed by atoms with Crippen LogP contribution in [0, 0.1) is 0 Å². The lowest BCUT2D eigenvalue weighted by Gasteiger charge is -2.20.